The van der Waals surface area contributed by atoms with E-state index in [0.717, 1.165) is 6.26 Å². The molecule has 0 saturated carbocycles. The van der Waals surface area contributed by atoms with Crippen molar-refractivity contribution in [3.8, 4) is 0 Å². The van der Waals surface area contributed by atoms with Crippen LogP contribution in [0.1, 0.15) is 31.1 Å². The molecule has 112 valence electrons. The van der Waals surface area contributed by atoms with Crippen molar-refractivity contribution in [1.82, 2.24) is 5.32 Å². The average Bonchev–Trinajstić information content (AvgIpc) is 2.29. The molecule has 0 heterocycles. The first-order valence-electron chi connectivity index (χ1n) is 6.18. The van der Waals surface area contributed by atoms with Gasteiger partial charge in [0.15, 0.2) is 0 Å². The molecule has 0 radical (unpaired) electrons. The van der Waals surface area contributed by atoms with Gasteiger partial charge in [0.1, 0.15) is 0 Å². The van der Waals surface area contributed by atoms with Crippen LogP contribution in [0.15, 0.2) is 18.2 Å². The van der Waals surface area contributed by atoms with Crippen LogP contribution in [0.4, 0.5) is 5.69 Å². The zero-order chi connectivity index (χ0) is 15.5. The summed E-state index contributed by atoms with van der Waals surface area (Å²) in [5, 5.41) is 3.10. The Kier molecular flexibility index (Phi) is 5.42. The third kappa shape index (κ3) is 5.02. The highest BCUT2D eigenvalue weighted by Crippen LogP contribution is 2.21. The Hall–Kier alpha value is -1.27. The molecule has 0 saturated heterocycles. The lowest BCUT2D eigenvalue weighted by Crippen LogP contribution is -2.36. The Labute approximate surface area is 124 Å². The van der Waals surface area contributed by atoms with E-state index in [2.05, 4.69) is 10.0 Å². The van der Waals surface area contributed by atoms with Gasteiger partial charge in [-0.3, -0.25) is 9.52 Å². The number of benzene rings is 1. The lowest BCUT2D eigenvalue weighted by Gasteiger charge is -2.18. The number of carbonyl (C=O) groups excluding carboxylic acids is 1. The molecule has 0 unspecified atom stereocenters. The minimum absolute atomic E-state index is 0.00918. The SMILES string of the molecule is CC(C)[C@@H](C)NC(=O)c1cc(NS(C)(=O)=O)ccc1Cl. The summed E-state index contributed by atoms with van der Waals surface area (Å²) in [7, 11) is -3.39. The molecule has 0 spiro atoms. The largest absolute Gasteiger partial charge is 0.349 e. The molecular weight excluding hydrogens is 300 g/mol. The fourth-order valence-corrected chi connectivity index (χ4v) is 2.19. The smallest absolute Gasteiger partial charge is 0.253 e. The maximum Gasteiger partial charge on any atom is 0.253 e. The van der Waals surface area contributed by atoms with Crippen LogP contribution in [-0.2, 0) is 10.0 Å². The molecular formula is C13H19ClN2O3S. The van der Waals surface area contributed by atoms with Crippen LogP contribution in [-0.4, -0.2) is 26.6 Å². The molecule has 1 aromatic carbocycles. The van der Waals surface area contributed by atoms with Crippen molar-refractivity contribution in [1.29, 1.82) is 0 Å². The molecule has 0 bridgehead atoms. The first kappa shape index (κ1) is 16.8. The fourth-order valence-electron chi connectivity index (χ4n) is 1.43. The Morgan fingerprint density at radius 3 is 2.35 bits per heavy atom. The van der Waals surface area contributed by atoms with Gasteiger partial charge in [-0.05, 0) is 31.0 Å². The monoisotopic (exact) mass is 318 g/mol. The van der Waals surface area contributed by atoms with Gasteiger partial charge < -0.3 is 5.32 Å². The summed E-state index contributed by atoms with van der Waals surface area (Å²) < 4.78 is 24.7. The van der Waals surface area contributed by atoms with Gasteiger partial charge >= 0.3 is 0 Å². The standard InChI is InChI=1S/C13H19ClN2O3S/c1-8(2)9(3)15-13(17)11-7-10(5-6-12(11)14)16-20(4,18)19/h5-9,16H,1-4H3,(H,15,17)/t9-/m1/s1. The second kappa shape index (κ2) is 6.45. The van der Waals surface area contributed by atoms with Crippen LogP contribution >= 0.6 is 11.6 Å². The van der Waals surface area contributed by atoms with Gasteiger partial charge in [0.2, 0.25) is 10.0 Å². The number of amides is 1. The van der Waals surface area contributed by atoms with Crippen LogP contribution in [0.5, 0.6) is 0 Å². The highest BCUT2D eigenvalue weighted by molar-refractivity contribution is 7.92. The summed E-state index contributed by atoms with van der Waals surface area (Å²) in [4.78, 5) is 12.1. The van der Waals surface area contributed by atoms with Crippen molar-refractivity contribution in [2.45, 2.75) is 26.8 Å². The summed E-state index contributed by atoms with van der Waals surface area (Å²) in [6, 6.07) is 4.41. The molecule has 7 heteroatoms. The van der Waals surface area contributed by atoms with E-state index in [1.54, 1.807) is 0 Å². The molecule has 1 atom stereocenters. The Morgan fingerprint density at radius 2 is 1.85 bits per heavy atom. The Bertz CT molecular complexity index is 600. The third-order valence-corrected chi connectivity index (χ3v) is 3.81. The summed E-state index contributed by atoms with van der Waals surface area (Å²) >= 11 is 5.99. The fraction of sp³-hybridized carbons (Fsp3) is 0.462. The number of carbonyl (C=O) groups is 1. The van der Waals surface area contributed by atoms with Gasteiger partial charge in [-0.2, -0.15) is 0 Å². The first-order chi connectivity index (χ1) is 9.10. The van der Waals surface area contributed by atoms with Crippen molar-refractivity contribution in [3.05, 3.63) is 28.8 Å². The lowest BCUT2D eigenvalue weighted by molar-refractivity contribution is 0.0930. The normalized spacial score (nSPS) is 13.1. The number of rotatable bonds is 5. The minimum atomic E-state index is -3.39. The van der Waals surface area contributed by atoms with Crippen molar-refractivity contribution in [2.75, 3.05) is 11.0 Å². The highest BCUT2D eigenvalue weighted by Gasteiger charge is 2.16. The molecule has 1 aromatic rings. The zero-order valence-corrected chi connectivity index (χ0v) is 13.5. The maximum atomic E-state index is 12.1. The van der Waals surface area contributed by atoms with Gasteiger partial charge in [0.25, 0.3) is 5.91 Å². The van der Waals surface area contributed by atoms with E-state index in [0.29, 0.717) is 5.69 Å². The van der Waals surface area contributed by atoms with Crippen LogP contribution in [0.25, 0.3) is 0 Å². The second-order valence-corrected chi connectivity index (χ2v) is 7.23. The molecule has 0 fully saturated rings. The van der Waals surface area contributed by atoms with Crippen LogP contribution in [0.2, 0.25) is 5.02 Å². The van der Waals surface area contributed by atoms with Gasteiger partial charge in [-0.1, -0.05) is 25.4 Å². The summed E-state index contributed by atoms with van der Waals surface area (Å²) in [5.41, 5.74) is 0.548. The van der Waals surface area contributed by atoms with Crippen molar-refractivity contribution in [2.24, 2.45) is 5.92 Å². The maximum absolute atomic E-state index is 12.1. The van der Waals surface area contributed by atoms with E-state index in [9.17, 15) is 13.2 Å². The lowest BCUT2D eigenvalue weighted by atomic mass is 10.1. The number of hydrogen-bond acceptors (Lipinski definition) is 3. The summed E-state index contributed by atoms with van der Waals surface area (Å²) in [6.07, 6.45) is 1.04. The predicted octanol–water partition coefficient (Wildman–Crippen LogP) is 2.49. The van der Waals surface area contributed by atoms with Crippen LogP contribution in [0.3, 0.4) is 0 Å². The zero-order valence-electron chi connectivity index (χ0n) is 11.9. The van der Waals surface area contributed by atoms with Crippen molar-refractivity contribution < 1.29 is 13.2 Å². The molecule has 1 amide bonds. The van der Waals surface area contributed by atoms with E-state index in [1.165, 1.54) is 18.2 Å². The molecule has 20 heavy (non-hydrogen) atoms. The molecule has 1 rings (SSSR count). The molecule has 0 aliphatic rings. The second-order valence-electron chi connectivity index (χ2n) is 5.08. The summed E-state index contributed by atoms with van der Waals surface area (Å²) in [6.45, 7) is 5.89. The number of halogens is 1. The number of anilines is 1. The molecule has 0 aromatic heterocycles. The van der Waals surface area contributed by atoms with E-state index in [-0.39, 0.29) is 28.5 Å². The predicted molar refractivity (Wildman–Crippen MR) is 81.7 cm³/mol. The first-order valence-corrected chi connectivity index (χ1v) is 8.45. The van der Waals surface area contributed by atoms with E-state index >= 15 is 0 Å². The summed E-state index contributed by atoms with van der Waals surface area (Å²) in [5.74, 6) is -0.0385. The minimum Gasteiger partial charge on any atom is -0.349 e. The topological polar surface area (TPSA) is 75.3 Å². The van der Waals surface area contributed by atoms with Gasteiger partial charge in [-0.15, -0.1) is 0 Å². The number of nitrogens with one attached hydrogen (secondary N) is 2. The van der Waals surface area contributed by atoms with Crippen LogP contribution < -0.4 is 10.0 Å². The Morgan fingerprint density at radius 1 is 1.25 bits per heavy atom. The molecule has 0 aliphatic heterocycles. The quantitative estimate of drug-likeness (QED) is 0.875. The molecule has 0 aliphatic carbocycles. The average molecular weight is 319 g/mol. The van der Waals surface area contributed by atoms with Gasteiger partial charge in [0.05, 0.1) is 16.8 Å². The van der Waals surface area contributed by atoms with Gasteiger partial charge in [0, 0.05) is 11.7 Å². The van der Waals surface area contributed by atoms with Crippen molar-refractivity contribution in [3.63, 3.8) is 0 Å². The Balaban J connectivity index is 2.99. The van der Waals surface area contributed by atoms with E-state index in [4.69, 9.17) is 11.6 Å². The van der Waals surface area contributed by atoms with E-state index < -0.39 is 10.0 Å². The van der Waals surface area contributed by atoms with Crippen molar-refractivity contribution >= 4 is 33.2 Å². The molecule has 5 nitrogen and oxygen atoms in total. The van der Waals surface area contributed by atoms with Crippen LogP contribution in [0, 0.1) is 5.92 Å². The van der Waals surface area contributed by atoms with E-state index in [1.807, 2.05) is 20.8 Å². The number of sulfonamides is 1. The van der Waals surface area contributed by atoms with Gasteiger partial charge in [-0.25, -0.2) is 8.42 Å². The highest BCUT2D eigenvalue weighted by atomic mass is 35.5. The number of hydrogen-bond donors (Lipinski definition) is 2. The molecule has 2 N–H and O–H groups in total. The third-order valence-electron chi connectivity index (χ3n) is 2.87.